The number of benzene rings is 2. The van der Waals surface area contributed by atoms with Crippen LogP contribution in [0.1, 0.15) is 26.7 Å². The highest BCUT2D eigenvalue weighted by molar-refractivity contribution is 6.00. The molecule has 0 saturated heterocycles. The van der Waals surface area contributed by atoms with Gasteiger partial charge in [-0.3, -0.25) is 9.59 Å². The molecule has 122 valence electrons. The number of carbonyl (C=O) groups excluding carboxylic acids is 2. The summed E-state index contributed by atoms with van der Waals surface area (Å²) < 4.78 is 5.39. The van der Waals surface area contributed by atoms with Gasteiger partial charge in [-0.1, -0.05) is 31.2 Å². The molecule has 5 nitrogen and oxygen atoms in total. The predicted molar refractivity (Wildman–Crippen MR) is 91.6 cm³/mol. The number of carbonyl (C=O) groups is 2. The fourth-order valence-corrected chi connectivity index (χ4v) is 2.37. The minimum Gasteiger partial charge on any atom is -0.496 e. The molecule has 1 atom stereocenters. The molecule has 2 N–H and O–H groups in total. The lowest BCUT2D eigenvalue weighted by atomic mass is 10.1. The first kappa shape index (κ1) is 16.8. The number of anilines is 1. The number of hydrogen-bond acceptors (Lipinski definition) is 3. The number of nitrogens with one attached hydrogen (secondary N) is 2. The van der Waals surface area contributed by atoms with Crippen LogP contribution in [0.5, 0.6) is 5.75 Å². The van der Waals surface area contributed by atoms with Gasteiger partial charge in [0.05, 0.1) is 7.11 Å². The van der Waals surface area contributed by atoms with Crippen LogP contribution in [-0.2, 0) is 9.59 Å². The van der Waals surface area contributed by atoms with Crippen LogP contribution in [0.4, 0.5) is 5.69 Å². The zero-order valence-electron chi connectivity index (χ0n) is 13.7. The molecule has 0 heterocycles. The summed E-state index contributed by atoms with van der Waals surface area (Å²) in [7, 11) is 1.60. The van der Waals surface area contributed by atoms with Crippen molar-refractivity contribution in [3.8, 4) is 5.75 Å². The standard InChI is InChI=1S/C18H22N2O3/c1-4-7-17(21)19-12(2)18(22)20-14-10-13-8-5-6-9-15(13)16(11-14)23-3/h5-6,8-12H,4,7H2,1-3H3,(H,19,21)(H,20,22). The van der Waals surface area contributed by atoms with Gasteiger partial charge in [0.1, 0.15) is 11.8 Å². The summed E-state index contributed by atoms with van der Waals surface area (Å²) in [5, 5.41) is 7.47. The van der Waals surface area contributed by atoms with Gasteiger partial charge in [0.15, 0.2) is 0 Å². The Labute approximate surface area is 136 Å². The largest absolute Gasteiger partial charge is 0.496 e. The topological polar surface area (TPSA) is 67.4 Å². The normalized spacial score (nSPS) is 11.8. The fraction of sp³-hybridized carbons (Fsp3) is 0.333. The zero-order valence-corrected chi connectivity index (χ0v) is 13.7. The second-order valence-corrected chi connectivity index (χ2v) is 5.43. The molecule has 2 rings (SSSR count). The Bertz CT molecular complexity index is 712. The van der Waals surface area contributed by atoms with Crippen molar-refractivity contribution in [2.45, 2.75) is 32.7 Å². The van der Waals surface area contributed by atoms with E-state index in [9.17, 15) is 9.59 Å². The van der Waals surface area contributed by atoms with E-state index in [1.165, 1.54) is 0 Å². The lowest BCUT2D eigenvalue weighted by Crippen LogP contribution is -2.41. The maximum Gasteiger partial charge on any atom is 0.246 e. The van der Waals surface area contributed by atoms with Gasteiger partial charge in [0.2, 0.25) is 11.8 Å². The molecule has 1 unspecified atom stereocenters. The van der Waals surface area contributed by atoms with E-state index in [0.717, 1.165) is 17.2 Å². The highest BCUT2D eigenvalue weighted by Crippen LogP contribution is 2.29. The summed E-state index contributed by atoms with van der Waals surface area (Å²) in [5.41, 5.74) is 0.641. The Balaban J connectivity index is 2.14. The summed E-state index contributed by atoms with van der Waals surface area (Å²) >= 11 is 0. The van der Waals surface area contributed by atoms with Crippen LogP contribution in [-0.4, -0.2) is 25.0 Å². The molecule has 0 aliphatic heterocycles. The molecule has 0 spiro atoms. The van der Waals surface area contributed by atoms with E-state index in [2.05, 4.69) is 10.6 Å². The number of rotatable bonds is 6. The number of ether oxygens (including phenoxy) is 1. The number of amides is 2. The van der Waals surface area contributed by atoms with Gasteiger partial charge in [-0.05, 0) is 24.8 Å². The Hall–Kier alpha value is -2.56. The molecule has 0 aromatic heterocycles. The molecule has 23 heavy (non-hydrogen) atoms. The monoisotopic (exact) mass is 314 g/mol. The van der Waals surface area contributed by atoms with Crippen molar-refractivity contribution in [1.82, 2.24) is 5.32 Å². The van der Waals surface area contributed by atoms with Crippen molar-refractivity contribution in [3.05, 3.63) is 36.4 Å². The first-order valence-corrected chi connectivity index (χ1v) is 7.72. The summed E-state index contributed by atoms with van der Waals surface area (Å²) in [6, 6.07) is 10.9. The Morgan fingerprint density at radius 3 is 2.65 bits per heavy atom. The average Bonchev–Trinajstić information content (AvgIpc) is 2.54. The lowest BCUT2D eigenvalue weighted by Gasteiger charge is -2.15. The van der Waals surface area contributed by atoms with Crippen LogP contribution < -0.4 is 15.4 Å². The van der Waals surface area contributed by atoms with Gasteiger partial charge in [-0.2, -0.15) is 0 Å². The summed E-state index contributed by atoms with van der Waals surface area (Å²) in [5.74, 6) is 0.319. The van der Waals surface area contributed by atoms with Gasteiger partial charge in [0.25, 0.3) is 0 Å². The van der Waals surface area contributed by atoms with E-state index in [4.69, 9.17) is 4.74 Å². The molecule has 5 heteroatoms. The highest BCUT2D eigenvalue weighted by Gasteiger charge is 2.16. The van der Waals surface area contributed by atoms with Gasteiger partial charge < -0.3 is 15.4 Å². The highest BCUT2D eigenvalue weighted by atomic mass is 16.5. The SMILES string of the molecule is CCCC(=O)NC(C)C(=O)Nc1cc(OC)c2ccccc2c1. The third-order valence-corrected chi connectivity index (χ3v) is 3.56. The third kappa shape index (κ3) is 4.22. The van der Waals surface area contributed by atoms with E-state index in [0.29, 0.717) is 17.9 Å². The van der Waals surface area contributed by atoms with Crippen LogP contribution in [0.15, 0.2) is 36.4 Å². The number of hydrogen-bond donors (Lipinski definition) is 2. The quantitative estimate of drug-likeness (QED) is 0.861. The molecular formula is C18H22N2O3. The van der Waals surface area contributed by atoms with Crippen LogP contribution in [0.25, 0.3) is 10.8 Å². The first-order valence-electron chi connectivity index (χ1n) is 7.72. The van der Waals surface area contributed by atoms with Crippen molar-refractivity contribution >= 4 is 28.3 Å². The maximum absolute atomic E-state index is 12.2. The minimum atomic E-state index is -0.591. The second kappa shape index (κ2) is 7.63. The Kier molecular flexibility index (Phi) is 5.57. The smallest absolute Gasteiger partial charge is 0.246 e. The van der Waals surface area contributed by atoms with Crippen molar-refractivity contribution in [2.75, 3.05) is 12.4 Å². The van der Waals surface area contributed by atoms with E-state index >= 15 is 0 Å². The van der Waals surface area contributed by atoms with Crippen LogP contribution >= 0.6 is 0 Å². The van der Waals surface area contributed by atoms with Crippen molar-refractivity contribution < 1.29 is 14.3 Å². The Morgan fingerprint density at radius 1 is 1.22 bits per heavy atom. The van der Waals surface area contributed by atoms with Gasteiger partial charge in [0, 0.05) is 23.6 Å². The second-order valence-electron chi connectivity index (χ2n) is 5.43. The summed E-state index contributed by atoms with van der Waals surface area (Å²) in [4.78, 5) is 23.8. The Morgan fingerprint density at radius 2 is 1.96 bits per heavy atom. The minimum absolute atomic E-state index is 0.119. The number of methoxy groups -OCH3 is 1. The summed E-state index contributed by atoms with van der Waals surface area (Å²) in [6.07, 6.45) is 1.17. The molecule has 0 saturated carbocycles. The molecule has 0 radical (unpaired) electrons. The maximum atomic E-state index is 12.2. The van der Waals surface area contributed by atoms with Crippen molar-refractivity contribution in [3.63, 3.8) is 0 Å². The van der Waals surface area contributed by atoms with Gasteiger partial charge in [-0.15, -0.1) is 0 Å². The van der Waals surface area contributed by atoms with E-state index < -0.39 is 6.04 Å². The van der Waals surface area contributed by atoms with Crippen LogP contribution in [0.3, 0.4) is 0 Å². The summed E-state index contributed by atoms with van der Waals surface area (Å²) in [6.45, 7) is 3.59. The fourth-order valence-electron chi connectivity index (χ4n) is 2.37. The molecule has 0 aliphatic rings. The lowest BCUT2D eigenvalue weighted by molar-refractivity contribution is -0.126. The molecular weight excluding hydrogens is 292 g/mol. The average molecular weight is 314 g/mol. The zero-order chi connectivity index (χ0) is 16.8. The van der Waals surface area contributed by atoms with Crippen LogP contribution in [0.2, 0.25) is 0 Å². The van der Waals surface area contributed by atoms with Crippen molar-refractivity contribution in [2.24, 2.45) is 0 Å². The molecule has 2 aromatic carbocycles. The van der Waals surface area contributed by atoms with Crippen molar-refractivity contribution in [1.29, 1.82) is 0 Å². The van der Waals surface area contributed by atoms with E-state index in [1.807, 2.05) is 37.3 Å². The van der Waals surface area contributed by atoms with Gasteiger partial charge in [-0.25, -0.2) is 0 Å². The third-order valence-electron chi connectivity index (χ3n) is 3.56. The molecule has 0 bridgehead atoms. The predicted octanol–water partition coefficient (Wildman–Crippen LogP) is 3.09. The first-order chi connectivity index (χ1) is 11.0. The van der Waals surface area contributed by atoms with Gasteiger partial charge >= 0.3 is 0 Å². The van der Waals surface area contributed by atoms with E-state index in [-0.39, 0.29) is 11.8 Å². The number of fused-ring (bicyclic) bond motifs is 1. The molecule has 2 amide bonds. The van der Waals surface area contributed by atoms with Crippen LogP contribution in [0, 0.1) is 0 Å². The molecule has 2 aromatic rings. The van der Waals surface area contributed by atoms with E-state index in [1.54, 1.807) is 20.1 Å². The molecule has 0 aliphatic carbocycles. The molecule has 0 fully saturated rings.